The van der Waals surface area contributed by atoms with Crippen molar-refractivity contribution in [1.82, 2.24) is 20.4 Å². The lowest BCUT2D eigenvalue weighted by Crippen LogP contribution is -2.38. The number of hydrogen-bond acceptors (Lipinski definition) is 4. The predicted molar refractivity (Wildman–Crippen MR) is 131 cm³/mol. The van der Waals surface area contributed by atoms with Crippen LogP contribution in [-0.2, 0) is 11.3 Å². The SMILES string of the molecule is O=C(/C=C/c1ccccc1)NNCc1nc2ccc(Br)cc2c(=O)n1-c1cccc(Cl)c1. The minimum absolute atomic E-state index is 0.124. The fraction of sp³-hybridized carbons (Fsp3) is 0.0417. The number of carbonyl (C=O) groups is 1. The Balaban J connectivity index is 1.60. The highest BCUT2D eigenvalue weighted by Crippen LogP contribution is 2.19. The third-order valence-electron chi connectivity index (χ3n) is 4.65. The van der Waals surface area contributed by atoms with E-state index in [0.717, 1.165) is 10.0 Å². The summed E-state index contributed by atoms with van der Waals surface area (Å²) in [6, 6.07) is 21.8. The van der Waals surface area contributed by atoms with E-state index in [0.29, 0.717) is 27.4 Å². The van der Waals surface area contributed by atoms with Crippen molar-refractivity contribution in [2.75, 3.05) is 0 Å². The minimum atomic E-state index is -0.324. The van der Waals surface area contributed by atoms with Gasteiger partial charge >= 0.3 is 0 Å². The highest BCUT2D eigenvalue weighted by molar-refractivity contribution is 9.10. The zero-order valence-electron chi connectivity index (χ0n) is 16.8. The fourth-order valence-corrected chi connectivity index (χ4v) is 3.74. The number of fused-ring (bicyclic) bond motifs is 1. The van der Waals surface area contributed by atoms with Gasteiger partial charge < -0.3 is 0 Å². The van der Waals surface area contributed by atoms with Gasteiger partial charge in [-0.25, -0.2) is 10.4 Å². The van der Waals surface area contributed by atoms with Crippen LogP contribution in [0.4, 0.5) is 0 Å². The van der Waals surface area contributed by atoms with Crippen molar-refractivity contribution in [3.63, 3.8) is 0 Å². The topological polar surface area (TPSA) is 76.0 Å². The first kappa shape index (κ1) is 22.0. The molecule has 0 atom stereocenters. The number of nitrogens with one attached hydrogen (secondary N) is 2. The van der Waals surface area contributed by atoms with Gasteiger partial charge in [0.25, 0.3) is 11.5 Å². The number of carbonyl (C=O) groups excluding carboxylic acids is 1. The van der Waals surface area contributed by atoms with Gasteiger partial charge in [0.15, 0.2) is 0 Å². The molecule has 0 unspecified atom stereocenters. The van der Waals surface area contributed by atoms with Gasteiger partial charge in [-0.1, -0.05) is 63.9 Å². The molecule has 2 N–H and O–H groups in total. The van der Waals surface area contributed by atoms with Gasteiger partial charge in [0.05, 0.1) is 23.1 Å². The van der Waals surface area contributed by atoms with Gasteiger partial charge in [0.2, 0.25) is 0 Å². The molecule has 8 heteroatoms. The Labute approximate surface area is 197 Å². The third-order valence-corrected chi connectivity index (χ3v) is 5.38. The molecule has 0 saturated heterocycles. The summed E-state index contributed by atoms with van der Waals surface area (Å²) in [7, 11) is 0. The second-order valence-electron chi connectivity index (χ2n) is 6.90. The predicted octanol–water partition coefficient (Wildman–Crippen LogP) is 4.64. The molecule has 0 aliphatic rings. The van der Waals surface area contributed by atoms with Crippen molar-refractivity contribution >= 4 is 50.4 Å². The molecular weight excluding hydrogens is 492 g/mol. The van der Waals surface area contributed by atoms with Crippen molar-refractivity contribution in [3.8, 4) is 5.69 Å². The van der Waals surface area contributed by atoms with Gasteiger partial charge in [-0.3, -0.25) is 19.6 Å². The first-order valence-corrected chi connectivity index (χ1v) is 10.9. The molecular formula is C24H18BrClN4O2. The Morgan fingerprint density at radius 2 is 1.88 bits per heavy atom. The number of halogens is 2. The van der Waals surface area contributed by atoms with Crippen molar-refractivity contribution in [1.29, 1.82) is 0 Å². The number of benzene rings is 3. The van der Waals surface area contributed by atoms with Crippen molar-refractivity contribution in [2.45, 2.75) is 6.54 Å². The van der Waals surface area contributed by atoms with Crippen LogP contribution in [-0.4, -0.2) is 15.5 Å². The minimum Gasteiger partial charge on any atom is -0.288 e. The molecule has 160 valence electrons. The molecule has 4 aromatic rings. The van der Waals surface area contributed by atoms with E-state index in [-0.39, 0.29) is 18.0 Å². The van der Waals surface area contributed by atoms with E-state index in [1.165, 1.54) is 10.6 Å². The second kappa shape index (κ2) is 9.91. The van der Waals surface area contributed by atoms with Crippen LogP contribution in [0.15, 0.2) is 88.1 Å². The van der Waals surface area contributed by atoms with Crippen LogP contribution in [0.25, 0.3) is 22.7 Å². The molecule has 0 bridgehead atoms. The number of rotatable bonds is 6. The van der Waals surface area contributed by atoms with E-state index < -0.39 is 0 Å². The molecule has 1 aromatic heterocycles. The van der Waals surface area contributed by atoms with Crippen LogP contribution < -0.4 is 16.4 Å². The summed E-state index contributed by atoms with van der Waals surface area (Å²) in [5, 5.41) is 0.972. The van der Waals surface area contributed by atoms with Gasteiger partial charge in [-0.05, 0) is 48.0 Å². The monoisotopic (exact) mass is 508 g/mol. The number of aromatic nitrogens is 2. The van der Waals surface area contributed by atoms with Crippen molar-refractivity contribution in [3.05, 3.63) is 110 Å². The first-order valence-electron chi connectivity index (χ1n) is 9.74. The van der Waals surface area contributed by atoms with Crippen LogP contribution >= 0.6 is 27.5 Å². The maximum Gasteiger partial charge on any atom is 0.266 e. The van der Waals surface area contributed by atoms with Crippen LogP contribution in [0.3, 0.4) is 0 Å². The van der Waals surface area contributed by atoms with Gasteiger partial charge in [0.1, 0.15) is 5.82 Å². The highest BCUT2D eigenvalue weighted by atomic mass is 79.9. The number of hydrazine groups is 1. The normalized spacial score (nSPS) is 11.2. The standard InChI is InChI=1S/C24H18BrClN4O2/c25-17-10-11-21-20(13-17)24(32)30(19-8-4-7-18(26)14-19)22(28-21)15-27-29-23(31)12-9-16-5-2-1-3-6-16/h1-14,27H,15H2,(H,29,31)/b12-9+. The Morgan fingerprint density at radius 3 is 2.66 bits per heavy atom. The molecule has 6 nitrogen and oxygen atoms in total. The maximum absolute atomic E-state index is 13.3. The summed E-state index contributed by atoms with van der Waals surface area (Å²) in [4.78, 5) is 30.1. The van der Waals surface area contributed by atoms with Gasteiger partial charge in [-0.2, -0.15) is 0 Å². The zero-order chi connectivity index (χ0) is 22.5. The number of amides is 1. The molecule has 0 spiro atoms. The zero-order valence-corrected chi connectivity index (χ0v) is 19.1. The summed E-state index contributed by atoms with van der Waals surface area (Å²) in [6.07, 6.45) is 3.14. The third kappa shape index (κ3) is 5.13. The van der Waals surface area contributed by atoms with Crippen LogP contribution in [0.5, 0.6) is 0 Å². The van der Waals surface area contributed by atoms with E-state index in [2.05, 4.69) is 31.8 Å². The van der Waals surface area contributed by atoms with Gasteiger partial charge in [-0.15, -0.1) is 0 Å². The molecule has 0 aliphatic heterocycles. The summed E-state index contributed by atoms with van der Waals surface area (Å²) < 4.78 is 2.27. The van der Waals surface area contributed by atoms with E-state index in [9.17, 15) is 9.59 Å². The molecule has 3 aromatic carbocycles. The summed E-state index contributed by atoms with van der Waals surface area (Å²) in [5.74, 6) is 0.106. The average Bonchev–Trinajstić information content (AvgIpc) is 2.79. The molecule has 1 amide bonds. The Kier molecular flexibility index (Phi) is 6.80. The van der Waals surface area contributed by atoms with E-state index >= 15 is 0 Å². The van der Waals surface area contributed by atoms with Crippen LogP contribution in [0.1, 0.15) is 11.4 Å². The van der Waals surface area contributed by atoms with Crippen molar-refractivity contribution in [2.24, 2.45) is 0 Å². The van der Waals surface area contributed by atoms with E-state index in [1.54, 1.807) is 42.5 Å². The number of hydrogen-bond donors (Lipinski definition) is 2. The quantitative estimate of drug-likeness (QED) is 0.293. The fourth-order valence-electron chi connectivity index (χ4n) is 3.19. The molecule has 32 heavy (non-hydrogen) atoms. The van der Waals surface area contributed by atoms with E-state index in [1.807, 2.05) is 36.4 Å². The lowest BCUT2D eigenvalue weighted by molar-refractivity contribution is -0.117. The molecule has 4 rings (SSSR count). The van der Waals surface area contributed by atoms with Crippen LogP contribution in [0, 0.1) is 0 Å². The summed E-state index contributed by atoms with van der Waals surface area (Å²) in [5.41, 5.74) is 7.29. The lowest BCUT2D eigenvalue weighted by atomic mass is 10.2. The smallest absolute Gasteiger partial charge is 0.266 e. The van der Waals surface area contributed by atoms with Crippen molar-refractivity contribution < 1.29 is 4.79 Å². The highest BCUT2D eigenvalue weighted by Gasteiger charge is 2.13. The maximum atomic E-state index is 13.3. The Bertz CT molecular complexity index is 1370. The largest absolute Gasteiger partial charge is 0.288 e. The summed E-state index contributed by atoms with van der Waals surface area (Å²) >= 11 is 9.55. The van der Waals surface area contributed by atoms with Gasteiger partial charge in [0, 0.05) is 15.6 Å². The van der Waals surface area contributed by atoms with Crippen LogP contribution in [0.2, 0.25) is 5.02 Å². The summed E-state index contributed by atoms with van der Waals surface area (Å²) in [6.45, 7) is 0.124. The molecule has 1 heterocycles. The second-order valence-corrected chi connectivity index (χ2v) is 8.25. The molecule has 0 saturated carbocycles. The molecule has 0 radical (unpaired) electrons. The Morgan fingerprint density at radius 1 is 1.06 bits per heavy atom. The lowest BCUT2D eigenvalue weighted by Gasteiger charge is -2.15. The first-order chi connectivity index (χ1) is 15.5. The molecule has 0 fully saturated rings. The molecule has 0 aliphatic carbocycles. The number of nitrogens with zero attached hydrogens (tertiary/aromatic N) is 2. The average molecular weight is 510 g/mol. The Hall–Kier alpha value is -3.26. The van der Waals surface area contributed by atoms with E-state index in [4.69, 9.17) is 11.6 Å².